The molecule has 0 saturated heterocycles. The van der Waals surface area contributed by atoms with Crippen LogP contribution in [0.15, 0.2) is 48.5 Å². The lowest BCUT2D eigenvalue weighted by Crippen LogP contribution is -2.18. The number of benzene rings is 2. The van der Waals surface area contributed by atoms with Crippen LogP contribution in [0.25, 0.3) is 0 Å². The van der Waals surface area contributed by atoms with Crippen molar-refractivity contribution in [1.82, 2.24) is 5.32 Å². The number of nitrogens with zero attached hydrogens (tertiary/aromatic N) is 1. The van der Waals surface area contributed by atoms with Crippen LogP contribution in [-0.2, 0) is 6.54 Å². The molecule has 0 bridgehead atoms. The quantitative estimate of drug-likeness (QED) is 0.902. The smallest absolute Gasteiger partial charge is 0.119 e. The van der Waals surface area contributed by atoms with Gasteiger partial charge in [0.1, 0.15) is 5.75 Å². The molecule has 3 heteroatoms. The highest BCUT2D eigenvalue weighted by Crippen LogP contribution is 2.19. The Balaban J connectivity index is 1.97. The first-order valence-corrected chi connectivity index (χ1v) is 6.59. The molecule has 0 aliphatic carbocycles. The zero-order valence-electron chi connectivity index (χ0n) is 11.8. The van der Waals surface area contributed by atoms with Crippen LogP contribution >= 0.6 is 0 Å². The van der Waals surface area contributed by atoms with E-state index in [4.69, 9.17) is 10.00 Å². The van der Waals surface area contributed by atoms with Crippen LogP contribution in [0.3, 0.4) is 0 Å². The zero-order chi connectivity index (χ0) is 14.4. The summed E-state index contributed by atoms with van der Waals surface area (Å²) in [6.45, 7) is 2.89. The third kappa shape index (κ3) is 3.59. The molecule has 0 aromatic heterocycles. The fourth-order valence-corrected chi connectivity index (χ4v) is 2.00. The molecule has 1 N–H and O–H groups in total. The summed E-state index contributed by atoms with van der Waals surface area (Å²) in [6, 6.07) is 18.0. The number of methoxy groups -OCH3 is 1. The summed E-state index contributed by atoms with van der Waals surface area (Å²) in [4.78, 5) is 0. The van der Waals surface area contributed by atoms with E-state index in [1.54, 1.807) is 7.11 Å². The molecule has 2 aromatic carbocycles. The van der Waals surface area contributed by atoms with Crippen LogP contribution < -0.4 is 10.1 Å². The van der Waals surface area contributed by atoms with E-state index < -0.39 is 0 Å². The van der Waals surface area contributed by atoms with Crippen LogP contribution in [0.5, 0.6) is 5.75 Å². The third-order valence-electron chi connectivity index (χ3n) is 3.29. The molecule has 102 valence electrons. The van der Waals surface area contributed by atoms with Gasteiger partial charge in [-0.25, -0.2) is 0 Å². The van der Waals surface area contributed by atoms with Crippen molar-refractivity contribution in [2.75, 3.05) is 7.11 Å². The summed E-state index contributed by atoms with van der Waals surface area (Å²) in [5, 5.41) is 12.2. The van der Waals surface area contributed by atoms with E-state index in [1.807, 2.05) is 42.5 Å². The maximum atomic E-state index is 8.77. The van der Waals surface area contributed by atoms with Crippen molar-refractivity contribution in [3.05, 3.63) is 65.2 Å². The molecule has 0 fully saturated rings. The van der Waals surface area contributed by atoms with Crippen LogP contribution in [-0.4, -0.2) is 7.11 Å². The molecule has 20 heavy (non-hydrogen) atoms. The highest BCUT2D eigenvalue weighted by Gasteiger charge is 2.05. The van der Waals surface area contributed by atoms with Crippen molar-refractivity contribution in [3.8, 4) is 11.8 Å². The third-order valence-corrected chi connectivity index (χ3v) is 3.29. The van der Waals surface area contributed by atoms with E-state index in [-0.39, 0.29) is 6.04 Å². The molecule has 0 heterocycles. The SMILES string of the molecule is COc1cccc([C@H](C)NCc2ccc(C#N)cc2)c1. The summed E-state index contributed by atoms with van der Waals surface area (Å²) in [5.41, 5.74) is 3.05. The Labute approximate surface area is 119 Å². The Bertz CT molecular complexity index is 599. The number of nitriles is 1. The molecule has 0 unspecified atom stereocenters. The van der Waals surface area contributed by atoms with Crippen LogP contribution in [0, 0.1) is 11.3 Å². The lowest BCUT2D eigenvalue weighted by molar-refractivity contribution is 0.413. The van der Waals surface area contributed by atoms with Crippen LogP contribution in [0.4, 0.5) is 0 Å². The molecule has 0 radical (unpaired) electrons. The number of rotatable bonds is 5. The second kappa shape index (κ2) is 6.74. The van der Waals surface area contributed by atoms with E-state index >= 15 is 0 Å². The summed E-state index contributed by atoms with van der Waals surface area (Å²) >= 11 is 0. The standard InChI is InChI=1S/C17H18N2O/c1-13(16-4-3-5-17(10-16)20-2)19-12-15-8-6-14(11-18)7-9-15/h3-10,13,19H,12H2,1-2H3/t13-/m0/s1. The number of nitrogens with one attached hydrogen (secondary N) is 1. The first-order chi connectivity index (χ1) is 9.72. The van der Waals surface area contributed by atoms with Crippen LogP contribution in [0.2, 0.25) is 0 Å². The van der Waals surface area contributed by atoms with E-state index in [9.17, 15) is 0 Å². The maximum Gasteiger partial charge on any atom is 0.119 e. The summed E-state index contributed by atoms with van der Waals surface area (Å²) in [6.07, 6.45) is 0. The molecule has 0 saturated carbocycles. The average molecular weight is 266 g/mol. The lowest BCUT2D eigenvalue weighted by Gasteiger charge is -2.15. The van der Waals surface area contributed by atoms with E-state index in [2.05, 4.69) is 24.4 Å². The second-order valence-corrected chi connectivity index (χ2v) is 4.69. The summed E-state index contributed by atoms with van der Waals surface area (Å²) in [5.74, 6) is 0.870. The van der Waals surface area contributed by atoms with Crippen molar-refractivity contribution in [2.24, 2.45) is 0 Å². The Morgan fingerprint density at radius 3 is 2.60 bits per heavy atom. The van der Waals surface area contributed by atoms with Crippen molar-refractivity contribution in [1.29, 1.82) is 5.26 Å². The fraction of sp³-hybridized carbons (Fsp3) is 0.235. The molecular formula is C17H18N2O. The van der Waals surface area contributed by atoms with Gasteiger partial charge < -0.3 is 10.1 Å². The number of ether oxygens (including phenoxy) is 1. The van der Waals surface area contributed by atoms with E-state index in [1.165, 1.54) is 11.1 Å². The largest absolute Gasteiger partial charge is 0.497 e. The second-order valence-electron chi connectivity index (χ2n) is 4.69. The molecule has 0 aliphatic rings. The summed E-state index contributed by atoms with van der Waals surface area (Å²) in [7, 11) is 1.67. The molecule has 0 spiro atoms. The monoisotopic (exact) mass is 266 g/mol. The van der Waals surface area contributed by atoms with Gasteiger partial charge in [-0.15, -0.1) is 0 Å². The molecule has 0 aliphatic heterocycles. The molecule has 1 atom stereocenters. The Morgan fingerprint density at radius 2 is 1.95 bits per heavy atom. The van der Waals surface area contributed by atoms with E-state index in [0.717, 1.165) is 12.3 Å². The topological polar surface area (TPSA) is 45.0 Å². The molecule has 3 nitrogen and oxygen atoms in total. The Morgan fingerprint density at radius 1 is 1.20 bits per heavy atom. The van der Waals surface area contributed by atoms with Gasteiger partial charge in [0.2, 0.25) is 0 Å². The zero-order valence-corrected chi connectivity index (χ0v) is 11.8. The Kier molecular flexibility index (Phi) is 4.75. The minimum Gasteiger partial charge on any atom is -0.497 e. The predicted octanol–water partition coefficient (Wildman–Crippen LogP) is 3.42. The number of hydrogen-bond donors (Lipinski definition) is 1. The van der Waals surface area contributed by atoms with Gasteiger partial charge in [-0.2, -0.15) is 5.26 Å². The first kappa shape index (κ1) is 14.1. The highest BCUT2D eigenvalue weighted by atomic mass is 16.5. The average Bonchev–Trinajstić information content (AvgIpc) is 2.53. The molecule has 2 rings (SSSR count). The normalized spacial score (nSPS) is 11.7. The van der Waals surface area contributed by atoms with Crippen molar-refractivity contribution in [3.63, 3.8) is 0 Å². The first-order valence-electron chi connectivity index (χ1n) is 6.59. The molecule has 2 aromatic rings. The van der Waals surface area contributed by atoms with Crippen molar-refractivity contribution >= 4 is 0 Å². The molecular weight excluding hydrogens is 248 g/mol. The van der Waals surface area contributed by atoms with Gasteiger partial charge in [-0.3, -0.25) is 0 Å². The van der Waals surface area contributed by atoms with Crippen molar-refractivity contribution in [2.45, 2.75) is 19.5 Å². The highest BCUT2D eigenvalue weighted by molar-refractivity contribution is 5.32. The minimum atomic E-state index is 0.237. The lowest BCUT2D eigenvalue weighted by atomic mass is 10.1. The predicted molar refractivity (Wildman–Crippen MR) is 79.4 cm³/mol. The maximum absolute atomic E-state index is 8.77. The fourth-order valence-electron chi connectivity index (χ4n) is 2.00. The van der Waals surface area contributed by atoms with Gasteiger partial charge in [0.15, 0.2) is 0 Å². The van der Waals surface area contributed by atoms with Crippen molar-refractivity contribution < 1.29 is 4.74 Å². The van der Waals surface area contributed by atoms with E-state index in [0.29, 0.717) is 5.56 Å². The van der Waals surface area contributed by atoms with Gasteiger partial charge in [0.05, 0.1) is 18.7 Å². The number of hydrogen-bond acceptors (Lipinski definition) is 3. The van der Waals surface area contributed by atoms with Gasteiger partial charge in [0.25, 0.3) is 0 Å². The van der Waals surface area contributed by atoms with Gasteiger partial charge in [-0.05, 0) is 42.3 Å². The van der Waals surface area contributed by atoms with Gasteiger partial charge in [-0.1, -0.05) is 24.3 Å². The molecule has 0 amide bonds. The van der Waals surface area contributed by atoms with Crippen LogP contribution in [0.1, 0.15) is 29.7 Å². The van der Waals surface area contributed by atoms with Gasteiger partial charge >= 0.3 is 0 Å². The Hall–Kier alpha value is -2.31. The summed E-state index contributed by atoms with van der Waals surface area (Å²) < 4.78 is 5.23. The minimum absolute atomic E-state index is 0.237. The van der Waals surface area contributed by atoms with Gasteiger partial charge in [0, 0.05) is 12.6 Å².